The summed E-state index contributed by atoms with van der Waals surface area (Å²) < 4.78 is 12.2. The molecule has 3 aromatic rings. The third-order valence-electron chi connectivity index (χ3n) is 5.49. The first-order valence-corrected chi connectivity index (χ1v) is 11.5. The lowest BCUT2D eigenvalue weighted by molar-refractivity contribution is -0.130. The monoisotopic (exact) mass is 468 g/mol. The van der Waals surface area contributed by atoms with E-state index in [1.165, 1.54) is 0 Å². The van der Waals surface area contributed by atoms with Crippen LogP contribution in [-0.4, -0.2) is 70.3 Å². The van der Waals surface area contributed by atoms with Gasteiger partial charge in [-0.2, -0.15) is 0 Å². The number of ether oxygens (including phenoxy) is 2. The van der Waals surface area contributed by atoms with E-state index in [2.05, 4.69) is 20.3 Å². The van der Waals surface area contributed by atoms with Crippen LogP contribution in [0.2, 0.25) is 0 Å². The minimum atomic E-state index is -0.283. The molecular formula is C24H32N6O4. The van der Waals surface area contributed by atoms with Gasteiger partial charge in [0, 0.05) is 68.8 Å². The highest BCUT2D eigenvalue weighted by Crippen LogP contribution is 2.23. The number of hydrogen-bond acceptors (Lipinski definition) is 8. The molecule has 1 N–H and O–H groups in total. The predicted molar refractivity (Wildman–Crippen MR) is 131 cm³/mol. The Hall–Kier alpha value is -3.53. The number of pyridine rings is 2. The fraction of sp³-hybridized carbons (Fsp3) is 0.458. The second kappa shape index (κ2) is 12.1. The Morgan fingerprint density at radius 3 is 2.53 bits per heavy atom. The van der Waals surface area contributed by atoms with Crippen molar-refractivity contribution in [3.05, 3.63) is 40.9 Å². The molecule has 0 aliphatic carbocycles. The molecule has 10 heteroatoms. The molecule has 0 aliphatic heterocycles. The Bertz CT molecular complexity index is 1160. The van der Waals surface area contributed by atoms with Gasteiger partial charge in [0.25, 0.3) is 5.56 Å². The summed E-state index contributed by atoms with van der Waals surface area (Å²) in [6.45, 7) is 8.70. The number of hydrogen-bond donors (Lipinski definition) is 1. The Kier molecular flexibility index (Phi) is 8.92. The van der Waals surface area contributed by atoms with Gasteiger partial charge in [-0.1, -0.05) is 0 Å². The fourth-order valence-corrected chi connectivity index (χ4v) is 3.61. The van der Waals surface area contributed by atoms with Crippen molar-refractivity contribution in [2.24, 2.45) is 0 Å². The third kappa shape index (κ3) is 5.88. The second-order valence-electron chi connectivity index (χ2n) is 7.51. The van der Waals surface area contributed by atoms with Gasteiger partial charge in [0.1, 0.15) is 0 Å². The quantitative estimate of drug-likeness (QED) is 0.404. The van der Waals surface area contributed by atoms with Crippen LogP contribution in [0, 0.1) is 0 Å². The summed E-state index contributed by atoms with van der Waals surface area (Å²) in [5.41, 5.74) is 2.40. The number of methoxy groups -OCH3 is 1. The summed E-state index contributed by atoms with van der Waals surface area (Å²) in [7, 11) is 1.56. The molecule has 3 aromatic heterocycles. The second-order valence-corrected chi connectivity index (χ2v) is 7.51. The maximum absolute atomic E-state index is 13.3. The van der Waals surface area contributed by atoms with Crippen LogP contribution in [0.15, 0.2) is 35.4 Å². The van der Waals surface area contributed by atoms with Crippen molar-refractivity contribution >= 4 is 22.9 Å². The number of nitrogens with one attached hydrogen (secondary N) is 1. The molecule has 0 unspecified atom stereocenters. The maximum Gasteiger partial charge on any atom is 0.293 e. The number of aromatic nitrogens is 4. The number of fused-ring (bicyclic) bond motifs is 1. The molecule has 3 heterocycles. The summed E-state index contributed by atoms with van der Waals surface area (Å²) in [6, 6.07) is 5.53. The van der Waals surface area contributed by atoms with Gasteiger partial charge in [-0.05, 0) is 32.9 Å². The van der Waals surface area contributed by atoms with Crippen molar-refractivity contribution in [3.63, 3.8) is 0 Å². The van der Waals surface area contributed by atoms with E-state index in [9.17, 15) is 9.59 Å². The van der Waals surface area contributed by atoms with Crippen LogP contribution in [0.5, 0.6) is 5.88 Å². The molecule has 182 valence electrons. The number of amides is 1. The SMILES string of the molecule is CCOCCn1c(=O)c(NCCC(=O)N(CC)CC)nc2ncc(-c3ccc(OC)nc3)cc21. The molecule has 0 spiro atoms. The molecule has 0 saturated carbocycles. The smallest absolute Gasteiger partial charge is 0.293 e. The summed E-state index contributed by atoms with van der Waals surface area (Å²) in [5.74, 6) is 0.719. The van der Waals surface area contributed by atoms with Gasteiger partial charge in [-0.25, -0.2) is 15.0 Å². The van der Waals surface area contributed by atoms with Gasteiger partial charge in [0.05, 0.1) is 19.2 Å². The summed E-state index contributed by atoms with van der Waals surface area (Å²) in [4.78, 5) is 40.5. The molecule has 10 nitrogen and oxygen atoms in total. The highest BCUT2D eigenvalue weighted by molar-refractivity contribution is 5.79. The van der Waals surface area contributed by atoms with E-state index in [0.717, 1.165) is 11.1 Å². The van der Waals surface area contributed by atoms with E-state index in [4.69, 9.17) is 9.47 Å². The van der Waals surface area contributed by atoms with Gasteiger partial charge in [0.2, 0.25) is 11.8 Å². The van der Waals surface area contributed by atoms with Gasteiger partial charge in [-0.3, -0.25) is 14.2 Å². The van der Waals surface area contributed by atoms with E-state index in [1.807, 2.05) is 32.9 Å². The van der Waals surface area contributed by atoms with E-state index < -0.39 is 0 Å². The average molecular weight is 469 g/mol. The maximum atomic E-state index is 13.3. The van der Waals surface area contributed by atoms with Gasteiger partial charge in [-0.15, -0.1) is 0 Å². The third-order valence-corrected chi connectivity index (χ3v) is 5.49. The van der Waals surface area contributed by atoms with E-state index >= 15 is 0 Å². The lowest BCUT2D eigenvalue weighted by Crippen LogP contribution is -2.32. The topological polar surface area (TPSA) is 111 Å². The summed E-state index contributed by atoms with van der Waals surface area (Å²) >= 11 is 0. The molecular weight excluding hydrogens is 436 g/mol. The number of nitrogens with zero attached hydrogens (tertiary/aromatic N) is 5. The van der Waals surface area contributed by atoms with Crippen molar-refractivity contribution in [2.75, 3.05) is 45.3 Å². The van der Waals surface area contributed by atoms with Crippen LogP contribution in [0.4, 0.5) is 5.82 Å². The Morgan fingerprint density at radius 1 is 1.12 bits per heavy atom. The lowest BCUT2D eigenvalue weighted by atomic mass is 10.1. The first-order chi connectivity index (χ1) is 16.5. The Morgan fingerprint density at radius 2 is 1.88 bits per heavy atom. The standard InChI is InChI=1S/C24H32N6O4/c1-5-29(6-2)21(31)10-11-25-23-24(32)30(12-13-34-7-3)19-14-18(16-27-22(19)28-23)17-8-9-20(33-4)26-15-17/h8-9,14-16H,5-7,10-13H2,1-4H3,(H,25,27,28). The van der Waals surface area contributed by atoms with Gasteiger partial charge < -0.3 is 19.7 Å². The minimum Gasteiger partial charge on any atom is -0.481 e. The molecule has 0 radical (unpaired) electrons. The van der Waals surface area contributed by atoms with Crippen LogP contribution in [0.1, 0.15) is 27.2 Å². The fourth-order valence-electron chi connectivity index (χ4n) is 3.61. The van der Waals surface area contributed by atoms with E-state index in [0.29, 0.717) is 56.4 Å². The largest absolute Gasteiger partial charge is 0.481 e. The average Bonchev–Trinajstić information content (AvgIpc) is 2.86. The molecule has 0 aliphatic rings. The molecule has 0 fully saturated rings. The Labute approximate surface area is 198 Å². The highest BCUT2D eigenvalue weighted by Gasteiger charge is 2.15. The first-order valence-electron chi connectivity index (χ1n) is 11.5. The number of anilines is 1. The van der Waals surface area contributed by atoms with Crippen molar-refractivity contribution in [3.8, 4) is 17.0 Å². The normalized spacial score (nSPS) is 10.9. The molecule has 34 heavy (non-hydrogen) atoms. The number of carbonyl (C=O) groups is 1. The summed E-state index contributed by atoms with van der Waals surface area (Å²) in [5, 5.41) is 3.03. The predicted octanol–water partition coefficient (Wildman–Crippen LogP) is 2.57. The van der Waals surface area contributed by atoms with Crippen LogP contribution in [0.25, 0.3) is 22.3 Å². The molecule has 0 saturated heterocycles. The van der Waals surface area contributed by atoms with Crippen molar-refractivity contribution in [2.45, 2.75) is 33.7 Å². The molecule has 3 rings (SSSR count). The van der Waals surface area contributed by atoms with Crippen molar-refractivity contribution in [1.29, 1.82) is 0 Å². The summed E-state index contributed by atoms with van der Waals surface area (Å²) in [6.07, 6.45) is 3.67. The van der Waals surface area contributed by atoms with Crippen molar-refractivity contribution in [1.82, 2.24) is 24.4 Å². The lowest BCUT2D eigenvalue weighted by Gasteiger charge is -2.18. The van der Waals surface area contributed by atoms with Crippen LogP contribution in [-0.2, 0) is 16.1 Å². The van der Waals surface area contributed by atoms with E-state index in [1.54, 1.807) is 35.0 Å². The first kappa shape index (κ1) is 25.1. The minimum absolute atomic E-state index is 0.0332. The Balaban J connectivity index is 1.92. The zero-order valence-electron chi connectivity index (χ0n) is 20.2. The highest BCUT2D eigenvalue weighted by atomic mass is 16.5. The van der Waals surface area contributed by atoms with Crippen molar-refractivity contribution < 1.29 is 14.3 Å². The number of rotatable bonds is 12. The van der Waals surface area contributed by atoms with E-state index in [-0.39, 0.29) is 23.7 Å². The molecule has 0 bridgehead atoms. The van der Waals surface area contributed by atoms with Crippen LogP contribution in [0.3, 0.4) is 0 Å². The van der Waals surface area contributed by atoms with Crippen LogP contribution >= 0.6 is 0 Å². The molecule has 0 aromatic carbocycles. The van der Waals surface area contributed by atoms with Gasteiger partial charge >= 0.3 is 0 Å². The van der Waals surface area contributed by atoms with Gasteiger partial charge in [0.15, 0.2) is 11.5 Å². The zero-order chi connectivity index (χ0) is 24.5. The van der Waals surface area contributed by atoms with Crippen LogP contribution < -0.4 is 15.6 Å². The molecule has 0 atom stereocenters. The number of carbonyl (C=O) groups excluding carboxylic acids is 1. The zero-order valence-corrected chi connectivity index (χ0v) is 20.2. The molecule has 1 amide bonds.